The summed E-state index contributed by atoms with van der Waals surface area (Å²) in [7, 11) is 0. The van der Waals surface area contributed by atoms with Crippen LogP contribution in [0.4, 0.5) is 17.6 Å². The molecule has 0 aromatic rings. The van der Waals surface area contributed by atoms with E-state index >= 15 is 8.78 Å². The molecule has 8 heteroatoms. The second-order valence-electron chi connectivity index (χ2n) is 12.4. The number of hydrogen-bond acceptors (Lipinski definition) is 3. The largest absolute Gasteiger partial charge is 0.343 e. The van der Waals surface area contributed by atoms with Crippen molar-refractivity contribution < 1.29 is 22.4 Å². The summed E-state index contributed by atoms with van der Waals surface area (Å²) < 4.78 is 57.6. The van der Waals surface area contributed by atoms with Crippen LogP contribution in [0.25, 0.3) is 0 Å². The van der Waals surface area contributed by atoms with Crippen molar-refractivity contribution in [3.8, 4) is 0 Å². The summed E-state index contributed by atoms with van der Waals surface area (Å²) >= 11 is 0. The molecule has 1 unspecified atom stereocenters. The zero-order chi connectivity index (χ0) is 25.4. The van der Waals surface area contributed by atoms with Crippen molar-refractivity contribution in [3.05, 3.63) is 0 Å². The van der Waals surface area contributed by atoms with Crippen molar-refractivity contribution in [2.24, 2.45) is 17.3 Å². The number of likely N-dealkylation sites (tertiary alicyclic amines) is 1. The number of carbonyl (C=O) groups is 1. The number of halogens is 4. The Morgan fingerprint density at radius 1 is 0.857 bits per heavy atom. The highest BCUT2D eigenvalue weighted by atomic mass is 19.3. The van der Waals surface area contributed by atoms with E-state index in [1.54, 1.807) is 4.90 Å². The van der Waals surface area contributed by atoms with Crippen molar-refractivity contribution >= 4 is 5.91 Å². The first kappa shape index (κ1) is 27.2. The Morgan fingerprint density at radius 2 is 1.46 bits per heavy atom. The molecule has 0 N–H and O–H groups in total. The van der Waals surface area contributed by atoms with Crippen LogP contribution in [0.15, 0.2) is 0 Å². The van der Waals surface area contributed by atoms with Gasteiger partial charge in [0.05, 0.1) is 0 Å². The van der Waals surface area contributed by atoms with Crippen LogP contribution in [0, 0.1) is 17.3 Å². The van der Waals surface area contributed by atoms with Crippen LogP contribution >= 0.6 is 0 Å². The van der Waals surface area contributed by atoms with Gasteiger partial charge in [-0.1, -0.05) is 6.92 Å². The van der Waals surface area contributed by atoms with E-state index < -0.39 is 17.8 Å². The third kappa shape index (κ3) is 6.16. The lowest BCUT2D eigenvalue weighted by Crippen LogP contribution is -2.58. The molecule has 0 aromatic carbocycles. The fraction of sp³-hybridized carbons (Fsp3) is 0.963. The standard InChI is InChI=1S/C27H45F4N3O/c1-20(2)32-15-17-33(18-16-32)23-5-4-8-27(30,31)22(23)19-24(35)34-13-11-25(3,12-14-34)21-6-9-26(28,29)10-7-21/h20-23H,4-19H2,1-3H3/t22?,23-/m0/s1. The van der Waals surface area contributed by atoms with Crippen molar-refractivity contribution in [1.29, 1.82) is 0 Å². The Bertz CT molecular complexity index is 720. The van der Waals surface area contributed by atoms with Gasteiger partial charge in [-0.15, -0.1) is 0 Å². The third-order valence-electron chi connectivity index (χ3n) is 9.92. The maximum Gasteiger partial charge on any atom is 0.252 e. The van der Waals surface area contributed by atoms with Gasteiger partial charge in [0.15, 0.2) is 0 Å². The van der Waals surface area contributed by atoms with E-state index in [2.05, 4.69) is 30.6 Å². The van der Waals surface area contributed by atoms with E-state index in [-0.39, 0.29) is 49.0 Å². The molecule has 2 saturated heterocycles. The maximum absolute atomic E-state index is 15.2. The number of alkyl halides is 4. The van der Waals surface area contributed by atoms with E-state index in [9.17, 15) is 13.6 Å². The number of hydrogen-bond donors (Lipinski definition) is 0. The highest BCUT2D eigenvalue weighted by molar-refractivity contribution is 5.76. The minimum Gasteiger partial charge on any atom is -0.343 e. The van der Waals surface area contributed by atoms with Gasteiger partial charge in [-0.25, -0.2) is 17.6 Å². The predicted molar refractivity (Wildman–Crippen MR) is 130 cm³/mol. The van der Waals surface area contributed by atoms with Crippen molar-refractivity contribution in [2.75, 3.05) is 39.3 Å². The Kier molecular flexibility index (Phi) is 8.12. The summed E-state index contributed by atoms with van der Waals surface area (Å²) in [5.74, 6) is -6.17. The molecule has 4 fully saturated rings. The molecule has 35 heavy (non-hydrogen) atoms. The van der Waals surface area contributed by atoms with Crippen LogP contribution in [0.1, 0.15) is 85.0 Å². The lowest BCUT2D eigenvalue weighted by atomic mass is 9.64. The smallest absolute Gasteiger partial charge is 0.252 e. The first-order valence-corrected chi connectivity index (χ1v) is 13.9. The van der Waals surface area contributed by atoms with Gasteiger partial charge in [0.1, 0.15) is 0 Å². The van der Waals surface area contributed by atoms with Crippen LogP contribution in [-0.2, 0) is 4.79 Å². The summed E-state index contributed by atoms with van der Waals surface area (Å²) in [6.45, 7) is 11.0. The summed E-state index contributed by atoms with van der Waals surface area (Å²) in [6.07, 6.45) is 3.57. The molecule has 0 bridgehead atoms. The molecule has 0 spiro atoms. The molecule has 0 aromatic heterocycles. The third-order valence-corrected chi connectivity index (χ3v) is 9.92. The molecule has 4 aliphatic rings. The van der Waals surface area contributed by atoms with Crippen molar-refractivity contribution in [2.45, 2.75) is 109 Å². The molecule has 1 amide bonds. The van der Waals surface area contributed by atoms with Crippen LogP contribution in [-0.4, -0.2) is 83.8 Å². The molecule has 0 radical (unpaired) electrons. The fourth-order valence-electron chi connectivity index (χ4n) is 7.25. The van der Waals surface area contributed by atoms with Gasteiger partial charge in [-0.2, -0.15) is 0 Å². The van der Waals surface area contributed by atoms with Crippen LogP contribution in [0.3, 0.4) is 0 Å². The zero-order valence-electron chi connectivity index (χ0n) is 21.9. The van der Waals surface area contributed by atoms with Gasteiger partial charge in [0, 0.05) is 83.0 Å². The molecular formula is C27H45F4N3O. The van der Waals surface area contributed by atoms with E-state index in [0.717, 1.165) is 45.4 Å². The average Bonchev–Trinajstić information content (AvgIpc) is 2.80. The molecule has 202 valence electrons. The second kappa shape index (κ2) is 10.5. The quantitative estimate of drug-likeness (QED) is 0.453. The molecule has 2 saturated carbocycles. The fourth-order valence-corrected chi connectivity index (χ4v) is 7.25. The lowest BCUT2D eigenvalue weighted by molar-refractivity contribution is -0.152. The van der Waals surface area contributed by atoms with E-state index in [0.29, 0.717) is 38.4 Å². The van der Waals surface area contributed by atoms with Crippen LogP contribution < -0.4 is 0 Å². The van der Waals surface area contributed by atoms with E-state index in [1.807, 2.05) is 0 Å². The topological polar surface area (TPSA) is 26.8 Å². The van der Waals surface area contributed by atoms with Gasteiger partial charge in [0.2, 0.25) is 11.8 Å². The van der Waals surface area contributed by atoms with Gasteiger partial charge in [0.25, 0.3) is 5.92 Å². The number of carbonyl (C=O) groups excluding carboxylic acids is 1. The molecular weight excluding hydrogens is 458 g/mol. The highest BCUT2D eigenvalue weighted by Crippen LogP contribution is 2.49. The summed E-state index contributed by atoms with van der Waals surface area (Å²) in [6, 6.07) is 0.216. The Hall–Kier alpha value is -0.890. The number of piperazine rings is 1. The molecule has 2 aliphatic heterocycles. The Labute approximate surface area is 208 Å². The minimum absolute atomic E-state index is 0.0410. The number of amides is 1. The number of piperidine rings is 1. The average molecular weight is 504 g/mol. The molecule has 4 rings (SSSR count). The highest BCUT2D eigenvalue weighted by Gasteiger charge is 2.51. The van der Waals surface area contributed by atoms with Gasteiger partial charge in [-0.05, 0) is 63.7 Å². The Morgan fingerprint density at radius 3 is 2.03 bits per heavy atom. The lowest BCUT2D eigenvalue weighted by Gasteiger charge is -2.48. The normalized spacial score (nSPS) is 32.6. The summed E-state index contributed by atoms with van der Waals surface area (Å²) in [5.41, 5.74) is -0.0410. The summed E-state index contributed by atoms with van der Waals surface area (Å²) in [5, 5.41) is 0. The first-order chi connectivity index (χ1) is 16.4. The molecule has 2 heterocycles. The van der Waals surface area contributed by atoms with Crippen molar-refractivity contribution in [3.63, 3.8) is 0 Å². The molecule has 2 aliphatic carbocycles. The van der Waals surface area contributed by atoms with Crippen molar-refractivity contribution in [1.82, 2.24) is 14.7 Å². The van der Waals surface area contributed by atoms with E-state index in [1.165, 1.54) is 0 Å². The van der Waals surface area contributed by atoms with Gasteiger partial charge in [-0.3, -0.25) is 14.6 Å². The Balaban J connectivity index is 1.34. The van der Waals surface area contributed by atoms with Crippen LogP contribution in [0.5, 0.6) is 0 Å². The second-order valence-corrected chi connectivity index (χ2v) is 12.4. The number of nitrogens with zero attached hydrogens (tertiary/aromatic N) is 3. The minimum atomic E-state index is -2.81. The van der Waals surface area contributed by atoms with Crippen LogP contribution in [0.2, 0.25) is 0 Å². The first-order valence-electron chi connectivity index (χ1n) is 13.9. The SMILES string of the molecule is CC(C)N1CCN([C@H]2CCCC(F)(F)C2CC(=O)N2CCC(C)(C3CCC(F)(F)CC3)CC2)CC1. The van der Waals surface area contributed by atoms with Gasteiger partial charge >= 0.3 is 0 Å². The zero-order valence-corrected chi connectivity index (χ0v) is 21.9. The predicted octanol–water partition coefficient (Wildman–Crippen LogP) is 5.66. The van der Waals surface area contributed by atoms with E-state index in [4.69, 9.17) is 0 Å². The molecule has 2 atom stereocenters. The monoisotopic (exact) mass is 503 g/mol. The maximum atomic E-state index is 15.2. The molecule has 4 nitrogen and oxygen atoms in total. The number of rotatable bonds is 5. The van der Waals surface area contributed by atoms with Gasteiger partial charge < -0.3 is 4.90 Å². The summed E-state index contributed by atoms with van der Waals surface area (Å²) in [4.78, 5) is 19.6.